The quantitative estimate of drug-likeness (QED) is 0.872. The van der Waals surface area contributed by atoms with E-state index in [2.05, 4.69) is 10.1 Å². The molecule has 1 aromatic carbocycles. The number of alkyl halides is 3. The maximum Gasteiger partial charge on any atom is 0.573 e. The zero-order valence-electron chi connectivity index (χ0n) is 10.4. The number of anilines is 1. The van der Waals surface area contributed by atoms with Crippen LogP contribution in [-0.2, 0) is 4.79 Å². The Morgan fingerprint density at radius 1 is 1.35 bits per heavy atom. The van der Waals surface area contributed by atoms with E-state index in [9.17, 15) is 18.0 Å². The molecule has 4 nitrogen and oxygen atoms in total. The Kier molecular flexibility index (Phi) is 3.85. The largest absolute Gasteiger partial charge is 0.573 e. The average molecular weight is 304 g/mol. The molecule has 0 saturated carbocycles. The molecule has 0 radical (unpaired) electrons. The molecule has 1 aliphatic rings. The van der Waals surface area contributed by atoms with Gasteiger partial charge in [-0.2, -0.15) is 0 Å². The van der Waals surface area contributed by atoms with Crippen molar-refractivity contribution >= 4 is 28.9 Å². The first-order valence-corrected chi connectivity index (χ1v) is 6.23. The molecule has 2 rings (SSSR count). The first-order valence-electron chi connectivity index (χ1n) is 5.82. The second-order valence-electron chi connectivity index (χ2n) is 4.13. The third-order valence-electron chi connectivity index (χ3n) is 2.76. The maximum atomic E-state index is 12.0. The molecule has 1 N–H and O–H groups in total. The summed E-state index contributed by atoms with van der Waals surface area (Å²) in [7, 11) is 0. The summed E-state index contributed by atoms with van der Waals surface area (Å²) in [5.41, 5.74) is 0.401. The highest BCUT2D eigenvalue weighted by Crippen LogP contribution is 2.27. The Balaban J connectivity index is 2.18. The zero-order valence-corrected chi connectivity index (χ0v) is 11.2. The number of hydrogen-bond acceptors (Lipinski definition) is 3. The summed E-state index contributed by atoms with van der Waals surface area (Å²) in [6, 6.07) is 4.58. The molecule has 108 valence electrons. The molecule has 8 heteroatoms. The fraction of sp³-hybridized carbons (Fsp3) is 0.333. The van der Waals surface area contributed by atoms with Gasteiger partial charge in [-0.25, -0.2) is 0 Å². The zero-order chi connectivity index (χ0) is 14.9. The van der Waals surface area contributed by atoms with E-state index < -0.39 is 12.4 Å². The Morgan fingerprint density at radius 3 is 2.40 bits per heavy atom. The van der Waals surface area contributed by atoms with Gasteiger partial charge in [0.05, 0.1) is 5.69 Å². The van der Waals surface area contributed by atoms with Crippen molar-refractivity contribution in [2.75, 3.05) is 4.90 Å². The topological polar surface area (TPSA) is 41.6 Å². The standard InChI is InChI=1S/C12H11F3N2O2S/c1-2-9-10(18)17(11(20)16-9)7-3-5-8(6-4-7)19-12(13,14)15/h3-6,9H,2H2,1H3,(H,16,20). The van der Waals surface area contributed by atoms with Gasteiger partial charge in [-0.3, -0.25) is 9.69 Å². The Bertz CT molecular complexity index is 530. The fourth-order valence-corrected chi connectivity index (χ4v) is 2.19. The van der Waals surface area contributed by atoms with E-state index in [1.165, 1.54) is 17.0 Å². The van der Waals surface area contributed by atoms with E-state index in [-0.39, 0.29) is 16.8 Å². The molecule has 1 heterocycles. The second-order valence-corrected chi connectivity index (χ2v) is 4.51. The van der Waals surface area contributed by atoms with Gasteiger partial charge in [-0.05, 0) is 42.9 Å². The minimum Gasteiger partial charge on any atom is -0.406 e. The van der Waals surface area contributed by atoms with Crippen molar-refractivity contribution in [3.05, 3.63) is 24.3 Å². The van der Waals surface area contributed by atoms with Crippen molar-refractivity contribution in [3.63, 3.8) is 0 Å². The summed E-state index contributed by atoms with van der Waals surface area (Å²) in [4.78, 5) is 13.3. The minimum atomic E-state index is -4.74. The summed E-state index contributed by atoms with van der Waals surface area (Å²) >= 11 is 5.05. The lowest BCUT2D eigenvalue weighted by Crippen LogP contribution is -2.31. The van der Waals surface area contributed by atoms with Crippen molar-refractivity contribution in [1.29, 1.82) is 0 Å². The summed E-state index contributed by atoms with van der Waals surface area (Å²) < 4.78 is 39.9. The Labute approximate surface area is 118 Å². The number of nitrogens with one attached hydrogen (secondary N) is 1. The van der Waals surface area contributed by atoms with Crippen LogP contribution in [0.1, 0.15) is 13.3 Å². The first kappa shape index (κ1) is 14.6. The van der Waals surface area contributed by atoms with Gasteiger partial charge in [0.15, 0.2) is 5.11 Å². The minimum absolute atomic E-state index is 0.220. The number of rotatable bonds is 3. The van der Waals surface area contributed by atoms with E-state index in [4.69, 9.17) is 12.2 Å². The van der Waals surface area contributed by atoms with Gasteiger partial charge in [0.1, 0.15) is 11.8 Å². The van der Waals surface area contributed by atoms with E-state index in [1.54, 1.807) is 0 Å². The molecule has 1 fully saturated rings. The van der Waals surface area contributed by atoms with E-state index in [1.807, 2.05) is 6.92 Å². The van der Waals surface area contributed by atoms with Gasteiger partial charge < -0.3 is 10.1 Å². The molecule has 1 aromatic rings. The molecule has 1 amide bonds. The van der Waals surface area contributed by atoms with Crippen molar-refractivity contribution in [1.82, 2.24) is 5.32 Å². The number of carbonyl (C=O) groups excluding carboxylic acids is 1. The number of carbonyl (C=O) groups is 1. The van der Waals surface area contributed by atoms with Crippen LogP contribution in [0.5, 0.6) is 5.75 Å². The van der Waals surface area contributed by atoms with Crippen LogP contribution in [0.2, 0.25) is 0 Å². The van der Waals surface area contributed by atoms with Gasteiger partial charge in [0.25, 0.3) is 5.91 Å². The van der Waals surface area contributed by atoms with Crippen LogP contribution in [0.25, 0.3) is 0 Å². The summed E-state index contributed by atoms with van der Waals surface area (Å²) in [6.07, 6.45) is -4.17. The maximum absolute atomic E-state index is 12.0. The number of amides is 1. The molecule has 1 aliphatic heterocycles. The second kappa shape index (κ2) is 5.28. The van der Waals surface area contributed by atoms with Crippen molar-refractivity contribution < 1.29 is 22.7 Å². The SMILES string of the molecule is CCC1NC(=S)N(c2ccc(OC(F)(F)F)cc2)C1=O. The smallest absolute Gasteiger partial charge is 0.406 e. The van der Waals surface area contributed by atoms with Crippen LogP contribution >= 0.6 is 12.2 Å². The number of nitrogens with zero attached hydrogens (tertiary/aromatic N) is 1. The third kappa shape index (κ3) is 3.01. The van der Waals surface area contributed by atoms with Gasteiger partial charge >= 0.3 is 6.36 Å². The molecule has 1 saturated heterocycles. The summed E-state index contributed by atoms with van der Waals surface area (Å²) in [5, 5.41) is 3.09. The molecule has 1 atom stereocenters. The first-order chi connectivity index (χ1) is 9.31. The highest BCUT2D eigenvalue weighted by Gasteiger charge is 2.35. The number of benzene rings is 1. The predicted octanol–water partition coefficient (Wildman–Crippen LogP) is 2.58. The third-order valence-corrected chi connectivity index (χ3v) is 3.06. The van der Waals surface area contributed by atoms with Crippen LogP contribution in [0.3, 0.4) is 0 Å². The molecule has 0 aromatic heterocycles. The molecule has 0 spiro atoms. The molecular formula is C12H11F3N2O2S. The van der Waals surface area contributed by atoms with E-state index in [0.29, 0.717) is 12.1 Å². The fourth-order valence-electron chi connectivity index (χ4n) is 1.85. The van der Waals surface area contributed by atoms with Crippen LogP contribution in [0.15, 0.2) is 24.3 Å². The highest BCUT2D eigenvalue weighted by atomic mass is 32.1. The Morgan fingerprint density at radius 2 is 1.95 bits per heavy atom. The van der Waals surface area contributed by atoms with Gasteiger partial charge in [-0.1, -0.05) is 6.92 Å². The number of halogens is 3. The highest BCUT2D eigenvalue weighted by molar-refractivity contribution is 7.80. The van der Waals surface area contributed by atoms with Crippen molar-refractivity contribution in [2.24, 2.45) is 0 Å². The lowest BCUT2D eigenvalue weighted by Gasteiger charge is -2.15. The monoisotopic (exact) mass is 304 g/mol. The van der Waals surface area contributed by atoms with Crippen LogP contribution in [-0.4, -0.2) is 23.4 Å². The van der Waals surface area contributed by atoms with E-state index in [0.717, 1.165) is 12.1 Å². The molecular weight excluding hydrogens is 293 g/mol. The molecule has 1 unspecified atom stereocenters. The van der Waals surface area contributed by atoms with E-state index >= 15 is 0 Å². The van der Waals surface area contributed by atoms with Gasteiger partial charge in [0.2, 0.25) is 0 Å². The van der Waals surface area contributed by atoms with Crippen LogP contribution < -0.4 is 15.0 Å². The van der Waals surface area contributed by atoms with Gasteiger partial charge in [0, 0.05) is 0 Å². The predicted molar refractivity (Wildman–Crippen MR) is 70.4 cm³/mol. The van der Waals surface area contributed by atoms with Crippen molar-refractivity contribution in [3.8, 4) is 5.75 Å². The molecule has 0 bridgehead atoms. The van der Waals surface area contributed by atoms with Crippen LogP contribution in [0.4, 0.5) is 18.9 Å². The number of hydrogen-bond donors (Lipinski definition) is 1. The normalized spacial score (nSPS) is 19.2. The lowest BCUT2D eigenvalue weighted by molar-refractivity contribution is -0.274. The lowest BCUT2D eigenvalue weighted by atomic mass is 10.2. The molecule has 0 aliphatic carbocycles. The van der Waals surface area contributed by atoms with Crippen molar-refractivity contribution in [2.45, 2.75) is 25.7 Å². The number of thiocarbonyl (C=S) groups is 1. The molecule has 20 heavy (non-hydrogen) atoms. The summed E-state index contributed by atoms with van der Waals surface area (Å²) in [6.45, 7) is 1.84. The Hall–Kier alpha value is -1.83. The average Bonchev–Trinajstić information content (AvgIpc) is 2.64. The van der Waals surface area contributed by atoms with Gasteiger partial charge in [-0.15, -0.1) is 13.2 Å². The number of ether oxygens (including phenoxy) is 1. The van der Waals surface area contributed by atoms with Crippen LogP contribution in [0, 0.1) is 0 Å². The summed E-state index contributed by atoms with van der Waals surface area (Å²) in [5.74, 6) is -0.569.